The van der Waals surface area contributed by atoms with Crippen molar-refractivity contribution in [3.8, 4) is 0 Å². The molecule has 0 aliphatic heterocycles. The maximum absolute atomic E-state index is 12.2. The quantitative estimate of drug-likeness (QED) is 0.778. The van der Waals surface area contributed by atoms with Gasteiger partial charge in [0.1, 0.15) is 0 Å². The number of anilines is 1. The zero-order valence-electron chi connectivity index (χ0n) is 13.3. The van der Waals surface area contributed by atoms with Gasteiger partial charge >= 0.3 is 0 Å². The molecule has 0 saturated heterocycles. The highest BCUT2D eigenvalue weighted by Crippen LogP contribution is 2.38. The maximum atomic E-state index is 12.2. The monoisotopic (exact) mass is 327 g/mol. The van der Waals surface area contributed by atoms with Crippen molar-refractivity contribution < 1.29 is 9.59 Å². The lowest BCUT2D eigenvalue weighted by Crippen LogP contribution is -2.28. The highest BCUT2D eigenvalue weighted by molar-refractivity contribution is 8.14. The zero-order valence-corrected chi connectivity index (χ0v) is 14.9. The van der Waals surface area contributed by atoms with E-state index in [4.69, 9.17) is 11.6 Å². The van der Waals surface area contributed by atoms with Crippen molar-refractivity contribution >= 4 is 40.1 Å². The minimum atomic E-state index is -0.516. The molecule has 3 nitrogen and oxygen atoms in total. The largest absolute Gasteiger partial charge is 0.325 e. The van der Waals surface area contributed by atoms with Crippen LogP contribution in [0, 0.1) is 10.8 Å². The van der Waals surface area contributed by atoms with Crippen LogP contribution in [0.1, 0.15) is 41.5 Å². The second-order valence-corrected chi connectivity index (χ2v) is 8.35. The first kappa shape index (κ1) is 18.1. The van der Waals surface area contributed by atoms with Crippen LogP contribution in [0.25, 0.3) is 0 Å². The fraction of sp³-hybridized carbons (Fsp3) is 0.500. The SMILES string of the molecule is CC(C)(C)C(=O)Nc1cccc(Cl)c1SC(=O)C(C)(C)C. The van der Waals surface area contributed by atoms with Gasteiger partial charge in [0.15, 0.2) is 5.12 Å². The topological polar surface area (TPSA) is 46.2 Å². The van der Waals surface area contributed by atoms with Gasteiger partial charge < -0.3 is 5.32 Å². The summed E-state index contributed by atoms with van der Waals surface area (Å²) in [5.41, 5.74) is -0.419. The van der Waals surface area contributed by atoms with Gasteiger partial charge in [0.25, 0.3) is 0 Å². The van der Waals surface area contributed by atoms with Gasteiger partial charge in [-0.15, -0.1) is 0 Å². The summed E-state index contributed by atoms with van der Waals surface area (Å²) in [6, 6.07) is 5.23. The normalized spacial score (nSPS) is 12.1. The third-order valence-electron chi connectivity index (χ3n) is 2.70. The lowest BCUT2D eigenvalue weighted by Gasteiger charge is -2.21. The number of benzene rings is 1. The van der Waals surface area contributed by atoms with Crippen molar-refractivity contribution in [3.05, 3.63) is 23.2 Å². The molecular weight excluding hydrogens is 306 g/mol. The van der Waals surface area contributed by atoms with Gasteiger partial charge in [0.05, 0.1) is 15.6 Å². The molecule has 116 valence electrons. The third kappa shape index (κ3) is 5.04. The molecule has 0 unspecified atom stereocenters. The molecule has 0 heterocycles. The van der Waals surface area contributed by atoms with Crippen molar-refractivity contribution in [2.75, 3.05) is 5.32 Å². The number of hydrogen-bond donors (Lipinski definition) is 1. The van der Waals surface area contributed by atoms with Crippen LogP contribution in [0.3, 0.4) is 0 Å². The van der Waals surface area contributed by atoms with Gasteiger partial charge in [0.2, 0.25) is 5.91 Å². The molecule has 0 fully saturated rings. The van der Waals surface area contributed by atoms with Gasteiger partial charge in [-0.25, -0.2) is 0 Å². The van der Waals surface area contributed by atoms with E-state index in [1.807, 2.05) is 41.5 Å². The second kappa shape index (κ2) is 6.41. The Hall–Kier alpha value is -1.00. The van der Waals surface area contributed by atoms with E-state index in [1.165, 1.54) is 0 Å². The summed E-state index contributed by atoms with van der Waals surface area (Å²) in [6.45, 7) is 11.1. The van der Waals surface area contributed by atoms with Gasteiger partial charge in [-0.3, -0.25) is 9.59 Å². The van der Waals surface area contributed by atoms with Crippen molar-refractivity contribution in [2.45, 2.75) is 46.4 Å². The third-order valence-corrected chi connectivity index (χ3v) is 4.57. The molecule has 1 amide bonds. The van der Waals surface area contributed by atoms with Crippen LogP contribution < -0.4 is 5.32 Å². The summed E-state index contributed by atoms with van der Waals surface area (Å²) in [4.78, 5) is 24.9. The summed E-state index contributed by atoms with van der Waals surface area (Å²) < 4.78 is 0. The van der Waals surface area contributed by atoms with Crippen LogP contribution in [-0.2, 0) is 9.59 Å². The fourth-order valence-corrected chi connectivity index (χ4v) is 2.44. The predicted molar refractivity (Wildman–Crippen MR) is 89.9 cm³/mol. The molecule has 0 radical (unpaired) electrons. The van der Waals surface area contributed by atoms with E-state index in [2.05, 4.69) is 5.32 Å². The first-order valence-electron chi connectivity index (χ1n) is 6.75. The number of halogens is 1. The van der Waals surface area contributed by atoms with E-state index in [0.29, 0.717) is 15.6 Å². The summed E-state index contributed by atoms with van der Waals surface area (Å²) >= 11 is 7.27. The molecule has 1 rings (SSSR count). The second-order valence-electron chi connectivity index (χ2n) is 6.96. The molecule has 1 aromatic rings. The summed E-state index contributed by atoms with van der Waals surface area (Å²) in [7, 11) is 0. The van der Waals surface area contributed by atoms with Crippen molar-refractivity contribution in [1.29, 1.82) is 0 Å². The Bertz CT molecular complexity index is 556. The zero-order chi connectivity index (χ0) is 16.4. The van der Waals surface area contributed by atoms with E-state index >= 15 is 0 Å². The van der Waals surface area contributed by atoms with Crippen LogP contribution in [0.5, 0.6) is 0 Å². The number of thioether (sulfide) groups is 1. The lowest BCUT2D eigenvalue weighted by atomic mass is 9.95. The summed E-state index contributed by atoms with van der Waals surface area (Å²) in [5.74, 6) is -0.116. The maximum Gasteiger partial charge on any atom is 0.229 e. The minimum absolute atomic E-state index is 0.00172. The van der Waals surface area contributed by atoms with Crippen molar-refractivity contribution in [1.82, 2.24) is 0 Å². The number of carbonyl (C=O) groups excluding carboxylic acids is 2. The first-order valence-corrected chi connectivity index (χ1v) is 7.94. The fourth-order valence-electron chi connectivity index (χ4n) is 1.27. The molecule has 1 aromatic carbocycles. The van der Waals surface area contributed by atoms with E-state index < -0.39 is 10.8 Å². The predicted octanol–water partition coefficient (Wildman–Crippen LogP) is 4.99. The highest BCUT2D eigenvalue weighted by Gasteiger charge is 2.26. The summed E-state index contributed by atoms with van der Waals surface area (Å²) in [6.07, 6.45) is 0. The molecule has 0 aliphatic carbocycles. The Kier molecular flexibility index (Phi) is 5.51. The average molecular weight is 328 g/mol. The molecule has 0 saturated carbocycles. The Morgan fingerprint density at radius 2 is 1.62 bits per heavy atom. The Balaban J connectivity index is 3.10. The minimum Gasteiger partial charge on any atom is -0.325 e. The number of nitrogens with one attached hydrogen (secondary N) is 1. The average Bonchev–Trinajstić information content (AvgIpc) is 2.30. The molecule has 0 aromatic heterocycles. The number of hydrogen-bond acceptors (Lipinski definition) is 3. The molecular formula is C16H22ClNO2S. The standard InChI is InChI=1S/C16H22ClNO2S/c1-15(2,3)13(19)18-11-9-7-8-10(17)12(11)21-14(20)16(4,5)6/h7-9H,1-6H3,(H,18,19). The lowest BCUT2D eigenvalue weighted by molar-refractivity contribution is -0.123. The molecule has 21 heavy (non-hydrogen) atoms. The van der Waals surface area contributed by atoms with Gasteiger partial charge in [0, 0.05) is 10.8 Å². The number of amides is 1. The van der Waals surface area contributed by atoms with Gasteiger partial charge in [-0.05, 0) is 23.9 Å². The van der Waals surface area contributed by atoms with Crippen molar-refractivity contribution in [2.24, 2.45) is 10.8 Å². The molecule has 1 N–H and O–H groups in total. The van der Waals surface area contributed by atoms with Crippen LogP contribution in [-0.4, -0.2) is 11.0 Å². The summed E-state index contributed by atoms with van der Waals surface area (Å²) in [5, 5.41) is 3.32. The van der Waals surface area contributed by atoms with Crippen LogP contribution in [0.2, 0.25) is 5.02 Å². The molecule has 0 bridgehead atoms. The smallest absolute Gasteiger partial charge is 0.229 e. The number of carbonyl (C=O) groups is 2. The molecule has 0 aliphatic rings. The van der Waals surface area contributed by atoms with Gasteiger partial charge in [-0.2, -0.15) is 0 Å². The first-order chi connectivity index (χ1) is 9.43. The highest BCUT2D eigenvalue weighted by atomic mass is 35.5. The Morgan fingerprint density at radius 1 is 1.05 bits per heavy atom. The van der Waals surface area contributed by atoms with E-state index in [0.717, 1.165) is 11.8 Å². The van der Waals surface area contributed by atoms with E-state index in [-0.39, 0.29) is 11.0 Å². The van der Waals surface area contributed by atoms with Gasteiger partial charge in [-0.1, -0.05) is 59.2 Å². The van der Waals surface area contributed by atoms with Crippen LogP contribution in [0.15, 0.2) is 23.1 Å². The molecule has 5 heteroatoms. The van der Waals surface area contributed by atoms with Crippen molar-refractivity contribution in [3.63, 3.8) is 0 Å². The van der Waals surface area contributed by atoms with E-state index in [9.17, 15) is 9.59 Å². The number of rotatable bonds is 2. The van der Waals surface area contributed by atoms with Crippen LogP contribution >= 0.6 is 23.4 Å². The Morgan fingerprint density at radius 3 is 2.10 bits per heavy atom. The molecule has 0 atom stereocenters. The Labute approximate surface area is 135 Å². The molecule has 0 spiro atoms. The van der Waals surface area contributed by atoms with Crippen LogP contribution in [0.4, 0.5) is 5.69 Å². The van der Waals surface area contributed by atoms with E-state index in [1.54, 1.807) is 18.2 Å².